The van der Waals surface area contributed by atoms with Crippen molar-refractivity contribution in [2.45, 2.75) is 41.9 Å². The number of anilines is 1. The first-order valence-corrected chi connectivity index (χ1v) is 14.4. The number of phenols is 1. The predicted molar refractivity (Wildman–Crippen MR) is 150 cm³/mol. The quantitative estimate of drug-likeness (QED) is 0.295. The van der Waals surface area contributed by atoms with Gasteiger partial charge in [0.15, 0.2) is 9.75 Å². The highest BCUT2D eigenvalue weighted by Crippen LogP contribution is 2.66. The molecule has 2 aliphatic heterocycles. The van der Waals surface area contributed by atoms with Crippen LogP contribution in [0, 0.1) is 17.8 Å². The Morgan fingerprint density at radius 1 is 1.00 bits per heavy atom. The Morgan fingerprint density at radius 3 is 2.36 bits per heavy atom. The number of fused-ring (bicyclic) bond motifs is 4. The highest BCUT2D eigenvalue weighted by Gasteiger charge is 2.76. The number of allylic oxidation sites excluding steroid dienone is 2. The zero-order chi connectivity index (χ0) is 28.0. The minimum absolute atomic E-state index is 0.0904. The number of imide groups is 2. The fourth-order valence-corrected chi connectivity index (χ4v) is 8.37. The van der Waals surface area contributed by atoms with Gasteiger partial charge in [-0.3, -0.25) is 29.0 Å². The number of aromatic hydroxyl groups is 1. The first-order chi connectivity index (χ1) is 18.5. The highest BCUT2D eigenvalue weighted by atomic mass is 79.9. The Kier molecular flexibility index (Phi) is 6.06. The molecule has 7 nitrogen and oxygen atoms in total. The number of alkyl halides is 2. The Hall–Kier alpha value is -2.68. The van der Waals surface area contributed by atoms with Crippen molar-refractivity contribution in [1.29, 1.82) is 0 Å². The fourth-order valence-electron chi connectivity index (χ4n) is 6.98. The second-order valence-electron chi connectivity index (χ2n) is 10.7. The molecule has 2 aromatic rings. The summed E-state index contributed by atoms with van der Waals surface area (Å²) in [5, 5.41) is 10.9. The van der Waals surface area contributed by atoms with Crippen LogP contribution in [0.2, 0.25) is 0 Å². The van der Waals surface area contributed by atoms with Gasteiger partial charge >= 0.3 is 0 Å². The average molecular weight is 632 g/mol. The van der Waals surface area contributed by atoms with Crippen LogP contribution >= 0.6 is 39.1 Å². The summed E-state index contributed by atoms with van der Waals surface area (Å²) in [6, 6.07) is 12.1. The molecule has 2 heterocycles. The summed E-state index contributed by atoms with van der Waals surface area (Å²) in [7, 11) is 1.34. The molecule has 1 N–H and O–H groups in total. The number of halogens is 3. The van der Waals surface area contributed by atoms with Crippen molar-refractivity contribution in [2.75, 3.05) is 11.9 Å². The third kappa shape index (κ3) is 3.40. The van der Waals surface area contributed by atoms with Gasteiger partial charge < -0.3 is 5.11 Å². The van der Waals surface area contributed by atoms with Crippen LogP contribution in [0.4, 0.5) is 5.69 Å². The minimum Gasteiger partial charge on any atom is -0.508 e. The summed E-state index contributed by atoms with van der Waals surface area (Å²) in [6.45, 7) is 2.02. The van der Waals surface area contributed by atoms with Gasteiger partial charge in [0.25, 0.3) is 11.8 Å². The molecule has 4 aliphatic rings. The normalized spacial score (nSPS) is 33.7. The molecule has 6 rings (SSSR count). The van der Waals surface area contributed by atoms with Crippen molar-refractivity contribution in [2.24, 2.45) is 17.8 Å². The van der Waals surface area contributed by atoms with Crippen LogP contribution in [0.15, 0.2) is 58.6 Å². The molecular formula is C29H25BrCl2N2O5. The molecule has 10 heteroatoms. The number of hydrogen-bond acceptors (Lipinski definition) is 5. The molecule has 0 aromatic heterocycles. The molecule has 2 aliphatic carbocycles. The van der Waals surface area contributed by atoms with Gasteiger partial charge in [0.1, 0.15) is 5.75 Å². The van der Waals surface area contributed by atoms with Crippen molar-refractivity contribution < 1.29 is 24.3 Å². The number of nitrogens with zero attached hydrogens (tertiary/aromatic N) is 2. The summed E-state index contributed by atoms with van der Waals surface area (Å²) in [5.74, 6) is -5.18. The highest BCUT2D eigenvalue weighted by molar-refractivity contribution is 9.10. The van der Waals surface area contributed by atoms with E-state index in [1.54, 1.807) is 24.3 Å². The van der Waals surface area contributed by atoms with Crippen molar-refractivity contribution in [1.82, 2.24) is 4.90 Å². The van der Waals surface area contributed by atoms with Gasteiger partial charge in [0.2, 0.25) is 11.8 Å². The van der Waals surface area contributed by atoms with Gasteiger partial charge in [-0.15, -0.1) is 23.2 Å². The van der Waals surface area contributed by atoms with Crippen LogP contribution < -0.4 is 4.90 Å². The first kappa shape index (κ1) is 26.5. The van der Waals surface area contributed by atoms with E-state index in [-0.39, 0.29) is 30.4 Å². The Balaban J connectivity index is 1.51. The molecule has 2 saturated heterocycles. The summed E-state index contributed by atoms with van der Waals surface area (Å²) >= 11 is 17.7. The standard InChI is InChI=1S/C29H25BrCl2N2O5/c1-3-14-4-7-16(8-5-14)34-24(36)18-10-9-17-20(22(18)25(34)37)13-28(31)26(38)33(2)27(39)29(28,32)23(17)19-12-15(30)6-11-21(19)35/h4-9,11-12,18,20,22-23,35H,3,10,13H2,1-2H3. The topological polar surface area (TPSA) is 95.0 Å². The number of amides is 4. The first-order valence-electron chi connectivity index (χ1n) is 12.8. The number of rotatable bonds is 3. The molecule has 6 unspecified atom stereocenters. The van der Waals surface area contributed by atoms with Crippen LogP contribution in [0.5, 0.6) is 5.75 Å². The second kappa shape index (κ2) is 8.91. The van der Waals surface area contributed by atoms with E-state index in [1.807, 2.05) is 25.1 Å². The minimum atomic E-state index is -1.94. The van der Waals surface area contributed by atoms with Crippen LogP contribution in [0.3, 0.4) is 0 Å². The number of carbonyl (C=O) groups excluding carboxylic acids is 4. The van der Waals surface area contributed by atoms with Crippen LogP contribution in [0.1, 0.15) is 36.8 Å². The summed E-state index contributed by atoms with van der Waals surface area (Å²) < 4.78 is 0.631. The molecule has 0 bridgehead atoms. The predicted octanol–water partition coefficient (Wildman–Crippen LogP) is 4.91. The number of hydrogen-bond donors (Lipinski definition) is 1. The van der Waals surface area contributed by atoms with Gasteiger partial charge in [-0.2, -0.15) is 0 Å². The van der Waals surface area contributed by atoms with E-state index in [9.17, 15) is 24.3 Å². The summed E-state index contributed by atoms with van der Waals surface area (Å²) in [6.07, 6.45) is 2.84. The fraction of sp³-hybridized carbons (Fsp3) is 0.379. The van der Waals surface area contributed by atoms with E-state index in [0.717, 1.165) is 16.9 Å². The van der Waals surface area contributed by atoms with E-state index in [4.69, 9.17) is 23.2 Å². The third-order valence-electron chi connectivity index (χ3n) is 8.92. The van der Waals surface area contributed by atoms with E-state index >= 15 is 0 Å². The van der Waals surface area contributed by atoms with E-state index in [1.165, 1.54) is 18.0 Å². The zero-order valence-corrected chi connectivity index (χ0v) is 24.3. The lowest BCUT2D eigenvalue weighted by molar-refractivity contribution is -0.138. The number of carbonyl (C=O) groups is 4. The molecule has 0 spiro atoms. The van der Waals surface area contributed by atoms with Crippen molar-refractivity contribution in [3.63, 3.8) is 0 Å². The van der Waals surface area contributed by atoms with Gasteiger partial charge in [0.05, 0.1) is 17.5 Å². The number of benzene rings is 2. The lowest BCUT2D eigenvalue weighted by Gasteiger charge is -2.50. The zero-order valence-electron chi connectivity index (χ0n) is 21.2. The second-order valence-corrected chi connectivity index (χ2v) is 12.9. The Morgan fingerprint density at radius 2 is 1.69 bits per heavy atom. The lowest BCUT2D eigenvalue weighted by Crippen LogP contribution is -2.60. The molecule has 1 saturated carbocycles. The number of phenolic OH excluding ortho intramolecular Hbond substituents is 1. The molecule has 4 amide bonds. The molecule has 6 atom stereocenters. The molecular weight excluding hydrogens is 607 g/mol. The van der Waals surface area contributed by atoms with Gasteiger partial charge in [-0.1, -0.05) is 46.6 Å². The maximum absolute atomic E-state index is 14.0. The van der Waals surface area contributed by atoms with Gasteiger partial charge in [-0.05, 0) is 61.1 Å². The van der Waals surface area contributed by atoms with Crippen molar-refractivity contribution in [3.05, 3.63) is 69.7 Å². The van der Waals surface area contributed by atoms with E-state index < -0.39 is 45.2 Å². The third-order valence-corrected chi connectivity index (χ3v) is 10.8. The van der Waals surface area contributed by atoms with Crippen LogP contribution in [0.25, 0.3) is 0 Å². The lowest BCUT2D eigenvalue weighted by atomic mass is 9.56. The smallest absolute Gasteiger partial charge is 0.253 e. The van der Waals surface area contributed by atoms with E-state index in [0.29, 0.717) is 21.3 Å². The average Bonchev–Trinajstić information content (AvgIpc) is 3.25. The SMILES string of the molecule is CCc1ccc(N2C(=O)C3CC=C4C(CC5(Cl)C(=O)N(C)C(=O)C5(Cl)C4c4cc(Br)ccc4O)C3C2=O)cc1. The molecule has 2 aromatic carbocycles. The van der Waals surface area contributed by atoms with Crippen LogP contribution in [-0.2, 0) is 25.6 Å². The van der Waals surface area contributed by atoms with Crippen LogP contribution in [-0.4, -0.2) is 50.4 Å². The largest absolute Gasteiger partial charge is 0.508 e. The Bertz CT molecular complexity index is 1490. The monoisotopic (exact) mass is 630 g/mol. The summed E-state index contributed by atoms with van der Waals surface area (Å²) in [4.78, 5) is 53.0. The molecule has 39 heavy (non-hydrogen) atoms. The van der Waals surface area contributed by atoms with Gasteiger partial charge in [0, 0.05) is 23.0 Å². The van der Waals surface area contributed by atoms with Gasteiger partial charge in [-0.25, -0.2) is 0 Å². The van der Waals surface area contributed by atoms with Crippen molar-refractivity contribution >= 4 is 68.4 Å². The van der Waals surface area contributed by atoms with Crippen molar-refractivity contribution in [3.8, 4) is 5.75 Å². The number of likely N-dealkylation sites (tertiary alicyclic amines) is 1. The maximum Gasteiger partial charge on any atom is 0.253 e. The summed E-state index contributed by atoms with van der Waals surface area (Å²) in [5.41, 5.74) is 2.53. The Labute approximate surface area is 243 Å². The number of aryl methyl sites for hydroxylation is 1. The molecule has 3 fully saturated rings. The maximum atomic E-state index is 14.0. The van der Waals surface area contributed by atoms with E-state index in [2.05, 4.69) is 15.9 Å². The molecule has 0 radical (unpaired) electrons. The molecule has 202 valence electrons.